The first-order valence-electron chi connectivity index (χ1n) is 12.9. The molecule has 0 aromatic carbocycles. The summed E-state index contributed by atoms with van der Waals surface area (Å²) in [7, 11) is 0. The Labute approximate surface area is 215 Å². The van der Waals surface area contributed by atoms with Gasteiger partial charge in [-0.25, -0.2) is 19.2 Å². The third-order valence-corrected chi connectivity index (χ3v) is 4.83. The Morgan fingerprint density at radius 1 is 0.556 bits per heavy atom. The number of rotatable bonds is 22. The van der Waals surface area contributed by atoms with E-state index in [1.807, 2.05) is 0 Å². The Hall–Kier alpha value is -2.46. The number of unbranched alkanes of at least 4 members (excludes halogenated alkanes) is 6. The molecule has 0 fully saturated rings. The Morgan fingerprint density at radius 3 is 1.31 bits per heavy atom. The van der Waals surface area contributed by atoms with E-state index in [2.05, 4.69) is 13.8 Å². The molecule has 0 aromatic heterocycles. The maximum absolute atomic E-state index is 11.9. The van der Waals surface area contributed by atoms with Crippen LogP contribution in [0.3, 0.4) is 0 Å². The second-order valence-electron chi connectivity index (χ2n) is 8.17. The summed E-state index contributed by atoms with van der Waals surface area (Å²) in [4.78, 5) is 47.4. The summed E-state index contributed by atoms with van der Waals surface area (Å²) in [5.41, 5.74) is 0. The van der Waals surface area contributed by atoms with E-state index in [-0.39, 0.29) is 26.4 Å². The molecule has 0 heterocycles. The van der Waals surface area contributed by atoms with Crippen molar-refractivity contribution in [2.24, 2.45) is 0 Å². The zero-order chi connectivity index (χ0) is 27.0. The van der Waals surface area contributed by atoms with Crippen molar-refractivity contribution >= 4 is 23.9 Å². The van der Waals surface area contributed by atoms with Crippen molar-refractivity contribution in [3.63, 3.8) is 0 Å². The van der Waals surface area contributed by atoms with E-state index in [0.29, 0.717) is 13.2 Å². The molecule has 0 aromatic rings. The first-order chi connectivity index (χ1) is 17.3. The quantitative estimate of drug-likeness (QED) is 0.0911. The van der Waals surface area contributed by atoms with Crippen LogP contribution in [0.5, 0.6) is 0 Å². The number of hydrogen-bond acceptors (Lipinski definition) is 10. The molecule has 208 valence electrons. The van der Waals surface area contributed by atoms with Gasteiger partial charge in [0.05, 0.1) is 13.2 Å². The highest BCUT2D eigenvalue weighted by Crippen LogP contribution is 2.02. The van der Waals surface area contributed by atoms with Crippen LogP contribution in [0, 0.1) is 0 Å². The van der Waals surface area contributed by atoms with Crippen molar-refractivity contribution in [1.82, 2.24) is 0 Å². The largest absolute Gasteiger partial charge is 0.461 e. The van der Waals surface area contributed by atoms with Crippen molar-refractivity contribution in [2.75, 3.05) is 39.6 Å². The Kier molecular flexibility index (Phi) is 21.4. The van der Waals surface area contributed by atoms with E-state index >= 15 is 0 Å². The Bertz CT molecular complexity index is 593. The molecule has 2 unspecified atom stereocenters. The van der Waals surface area contributed by atoms with Gasteiger partial charge in [-0.3, -0.25) is 0 Å². The molecule has 0 aliphatic carbocycles. The summed E-state index contributed by atoms with van der Waals surface area (Å²) in [6, 6.07) is 0. The average Bonchev–Trinajstić information content (AvgIpc) is 2.85. The summed E-state index contributed by atoms with van der Waals surface area (Å²) in [6.45, 7) is 8.80. The van der Waals surface area contributed by atoms with Crippen LogP contribution >= 0.6 is 0 Å². The molecule has 0 rings (SSSR count). The number of esters is 4. The van der Waals surface area contributed by atoms with Gasteiger partial charge in [0, 0.05) is 25.4 Å². The normalized spacial score (nSPS) is 12.7. The molecule has 0 radical (unpaired) electrons. The highest BCUT2D eigenvalue weighted by Gasteiger charge is 2.20. The minimum absolute atomic E-state index is 0.0513. The van der Waals surface area contributed by atoms with Crippen LogP contribution in [0.2, 0.25) is 0 Å². The molecule has 0 spiro atoms. The number of carbonyl (C=O) groups excluding carboxylic acids is 4. The summed E-state index contributed by atoms with van der Waals surface area (Å²) in [5, 5.41) is 0. The number of ether oxygens (including phenoxy) is 6. The Morgan fingerprint density at radius 2 is 0.944 bits per heavy atom. The van der Waals surface area contributed by atoms with Crippen molar-refractivity contribution in [3.05, 3.63) is 12.2 Å². The molecule has 2 atom stereocenters. The van der Waals surface area contributed by atoms with Crippen LogP contribution in [-0.2, 0) is 47.6 Å². The van der Waals surface area contributed by atoms with Gasteiger partial charge in [0.25, 0.3) is 0 Å². The summed E-state index contributed by atoms with van der Waals surface area (Å²) in [5.74, 6) is -3.32. The third-order valence-electron chi connectivity index (χ3n) is 4.83. The van der Waals surface area contributed by atoms with Crippen molar-refractivity contribution < 1.29 is 47.6 Å². The number of carbonyl (C=O) groups is 4. The zero-order valence-corrected chi connectivity index (χ0v) is 22.3. The van der Waals surface area contributed by atoms with Gasteiger partial charge in [-0.1, -0.05) is 52.4 Å². The van der Waals surface area contributed by atoms with Crippen LogP contribution in [0.15, 0.2) is 12.2 Å². The van der Waals surface area contributed by atoms with Gasteiger partial charge in [-0.15, -0.1) is 0 Å². The van der Waals surface area contributed by atoms with Gasteiger partial charge < -0.3 is 28.4 Å². The van der Waals surface area contributed by atoms with E-state index in [1.165, 1.54) is 13.8 Å². The van der Waals surface area contributed by atoms with E-state index < -0.39 is 36.1 Å². The highest BCUT2D eigenvalue weighted by atomic mass is 16.6. The smallest absolute Gasteiger partial charge is 0.347 e. The fraction of sp³-hybridized carbons (Fsp3) is 0.769. The molecule has 0 amide bonds. The number of hydrogen-bond donors (Lipinski definition) is 0. The maximum Gasteiger partial charge on any atom is 0.347 e. The minimum atomic E-state index is -1.16. The fourth-order valence-electron chi connectivity index (χ4n) is 2.76. The van der Waals surface area contributed by atoms with Gasteiger partial charge in [0.1, 0.15) is 13.2 Å². The van der Waals surface area contributed by atoms with Crippen LogP contribution in [0.25, 0.3) is 0 Å². The molecule has 10 heteroatoms. The SMILES string of the molecule is CCCCCCOCCOC(=O)C(C)OC(=O)/C=C/C(=O)OC(C)C(=O)OCCOCCCCCC. The predicted molar refractivity (Wildman–Crippen MR) is 132 cm³/mol. The van der Waals surface area contributed by atoms with Gasteiger partial charge in [-0.05, 0) is 26.7 Å². The summed E-state index contributed by atoms with van der Waals surface area (Å²) >= 11 is 0. The maximum atomic E-state index is 11.9. The monoisotopic (exact) mass is 516 g/mol. The van der Waals surface area contributed by atoms with E-state index in [1.54, 1.807) is 0 Å². The van der Waals surface area contributed by atoms with Gasteiger partial charge in [0.15, 0.2) is 12.2 Å². The van der Waals surface area contributed by atoms with Crippen molar-refractivity contribution in [3.8, 4) is 0 Å². The lowest BCUT2D eigenvalue weighted by molar-refractivity contribution is -0.165. The Balaban J connectivity index is 4.00. The van der Waals surface area contributed by atoms with Gasteiger partial charge >= 0.3 is 23.9 Å². The molecular weight excluding hydrogens is 472 g/mol. The first kappa shape index (κ1) is 33.5. The molecule has 0 bridgehead atoms. The molecule has 0 N–H and O–H groups in total. The lowest BCUT2D eigenvalue weighted by Gasteiger charge is -2.12. The van der Waals surface area contributed by atoms with E-state index in [0.717, 1.165) is 63.5 Å². The predicted octanol–water partition coefficient (Wildman–Crippen LogP) is 3.69. The first-order valence-corrected chi connectivity index (χ1v) is 12.9. The van der Waals surface area contributed by atoms with Gasteiger partial charge in [-0.2, -0.15) is 0 Å². The minimum Gasteiger partial charge on any atom is -0.461 e. The summed E-state index contributed by atoms with van der Waals surface area (Å²) < 4.78 is 30.5. The summed E-state index contributed by atoms with van der Waals surface area (Å²) in [6.07, 6.45) is 8.01. The van der Waals surface area contributed by atoms with Crippen LogP contribution in [0.1, 0.15) is 79.1 Å². The highest BCUT2D eigenvalue weighted by molar-refractivity contribution is 5.93. The van der Waals surface area contributed by atoms with Crippen LogP contribution in [-0.4, -0.2) is 75.7 Å². The zero-order valence-electron chi connectivity index (χ0n) is 22.3. The molecule has 0 saturated carbocycles. The third kappa shape index (κ3) is 19.8. The molecule has 0 saturated heterocycles. The molecule has 0 aliphatic heterocycles. The van der Waals surface area contributed by atoms with Gasteiger partial charge in [0.2, 0.25) is 0 Å². The van der Waals surface area contributed by atoms with Crippen LogP contribution in [0.4, 0.5) is 0 Å². The molecule has 0 aliphatic rings. The second kappa shape index (κ2) is 23.0. The van der Waals surface area contributed by atoms with Crippen molar-refractivity contribution in [1.29, 1.82) is 0 Å². The fourth-order valence-corrected chi connectivity index (χ4v) is 2.76. The van der Waals surface area contributed by atoms with E-state index in [4.69, 9.17) is 28.4 Å². The topological polar surface area (TPSA) is 124 Å². The average molecular weight is 517 g/mol. The molecule has 36 heavy (non-hydrogen) atoms. The lowest BCUT2D eigenvalue weighted by atomic mass is 10.2. The lowest BCUT2D eigenvalue weighted by Crippen LogP contribution is -2.27. The van der Waals surface area contributed by atoms with E-state index in [9.17, 15) is 19.2 Å². The second-order valence-corrected chi connectivity index (χ2v) is 8.17. The molecular formula is C26H44O10. The molecule has 10 nitrogen and oxygen atoms in total. The van der Waals surface area contributed by atoms with Crippen molar-refractivity contribution in [2.45, 2.75) is 91.3 Å². The van der Waals surface area contributed by atoms with Crippen LogP contribution < -0.4 is 0 Å². The standard InChI is InChI=1S/C26H44O10/c1-5-7-9-11-15-31-17-19-33-25(29)21(3)35-23(27)13-14-24(28)36-22(4)26(30)34-20-18-32-16-12-10-8-6-2/h13-14,21-22H,5-12,15-20H2,1-4H3/b14-13+.